The van der Waals surface area contributed by atoms with Crippen LogP contribution >= 0.6 is 0 Å². The fourth-order valence-corrected chi connectivity index (χ4v) is 3.33. The Bertz CT molecular complexity index is 537. The molecule has 1 amide bonds. The molecule has 4 nitrogen and oxygen atoms in total. The lowest BCUT2D eigenvalue weighted by Crippen LogP contribution is -2.47. The standard InChI is InChI=1S/C20H31NO3/c1-16-6-8-17(9-7-16)20(12-15-23-5)10-13-21(14-11-20)18(22)24-19(2,3)4/h6-9H,10-15H2,1-5H3. The number of ether oxygens (including phenoxy) is 2. The van der Waals surface area contributed by atoms with E-state index in [1.165, 1.54) is 11.1 Å². The molecule has 1 heterocycles. The highest BCUT2D eigenvalue weighted by atomic mass is 16.6. The molecule has 1 aliphatic heterocycles. The summed E-state index contributed by atoms with van der Waals surface area (Å²) >= 11 is 0. The first-order chi connectivity index (χ1) is 11.3. The summed E-state index contributed by atoms with van der Waals surface area (Å²) in [4.78, 5) is 14.1. The molecule has 1 aromatic carbocycles. The van der Waals surface area contributed by atoms with Crippen molar-refractivity contribution < 1.29 is 14.3 Å². The van der Waals surface area contributed by atoms with E-state index in [0.717, 1.165) is 39.0 Å². The molecule has 2 rings (SSSR count). The van der Waals surface area contributed by atoms with E-state index < -0.39 is 5.60 Å². The van der Waals surface area contributed by atoms with Gasteiger partial charge in [0.25, 0.3) is 0 Å². The number of hydrogen-bond acceptors (Lipinski definition) is 3. The fourth-order valence-electron chi connectivity index (χ4n) is 3.33. The van der Waals surface area contributed by atoms with Crippen molar-refractivity contribution in [2.24, 2.45) is 0 Å². The number of rotatable bonds is 4. The van der Waals surface area contributed by atoms with Crippen LogP contribution in [-0.4, -0.2) is 43.4 Å². The second-order valence-electron chi connectivity index (χ2n) is 7.86. The van der Waals surface area contributed by atoms with E-state index in [1.807, 2.05) is 25.7 Å². The number of amides is 1. The number of aryl methyl sites for hydroxylation is 1. The van der Waals surface area contributed by atoms with Crippen molar-refractivity contribution in [3.63, 3.8) is 0 Å². The molecule has 1 aliphatic rings. The van der Waals surface area contributed by atoms with Crippen LogP contribution in [0.1, 0.15) is 51.2 Å². The van der Waals surface area contributed by atoms with Crippen LogP contribution in [0, 0.1) is 6.92 Å². The Morgan fingerprint density at radius 3 is 2.25 bits per heavy atom. The third-order valence-corrected chi connectivity index (χ3v) is 4.82. The molecule has 0 saturated carbocycles. The van der Waals surface area contributed by atoms with Gasteiger partial charge in [-0.2, -0.15) is 0 Å². The monoisotopic (exact) mass is 333 g/mol. The molecule has 1 aromatic rings. The van der Waals surface area contributed by atoms with Gasteiger partial charge < -0.3 is 14.4 Å². The average Bonchev–Trinajstić information content (AvgIpc) is 2.52. The van der Waals surface area contributed by atoms with Crippen LogP contribution in [0.15, 0.2) is 24.3 Å². The third-order valence-electron chi connectivity index (χ3n) is 4.82. The van der Waals surface area contributed by atoms with E-state index in [4.69, 9.17) is 9.47 Å². The van der Waals surface area contributed by atoms with E-state index in [0.29, 0.717) is 0 Å². The zero-order valence-electron chi connectivity index (χ0n) is 15.7. The first-order valence-corrected chi connectivity index (χ1v) is 8.80. The minimum Gasteiger partial charge on any atom is -0.444 e. The minimum atomic E-state index is -0.446. The summed E-state index contributed by atoms with van der Waals surface area (Å²) in [7, 11) is 1.75. The van der Waals surface area contributed by atoms with Gasteiger partial charge in [0, 0.05) is 32.2 Å². The van der Waals surface area contributed by atoms with Crippen LogP contribution in [0.3, 0.4) is 0 Å². The molecule has 0 atom stereocenters. The number of nitrogens with zero attached hydrogens (tertiary/aromatic N) is 1. The van der Waals surface area contributed by atoms with Gasteiger partial charge in [0.05, 0.1) is 0 Å². The van der Waals surface area contributed by atoms with Crippen molar-refractivity contribution in [2.75, 3.05) is 26.8 Å². The summed E-state index contributed by atoms with van der Waals surface area (Å²) in [6.07, 6.45) is 2.67. The number of carbonyl (C=O) groups is 1. The van der Waals surface area contributed by atoms with Crippen LogP contribution in [0.4, 0.5) is 4.79 Å². The molecule has 0 radical (unpaired) electrons. The molecule has 0 unspecified atom stereocenters. The van der Waals surface area contributed by atoms with Gasteiger partial charge in [-0.15, -0.1) is 0 Å². The number of likely N-dealkylation sites (tertiary alicyclic amines) is 1. The molecule has 0 N–H and O–H groups in total. The summed E-state index contributed by atoms with van der Waals surface area (Å²) in [5.41, 5.74) is 2.27. The van der Waals surface area contributed by atoms with Gasteiger partial charge in [-0.1, -0.05) is 29.8 Å². The fraction of sp³-hybridized carbons (Fsp3) is 0.650. The van der Waals surface area contributed by atoms with Crippen LogP contribution in [-0.2, 0) is 14.9 Å². The zero-order chi connectivity index (χ0) is 17.8. The average molecular weight is 333 g/mol. The lowest BCUT2D eigenvalue weighted by molar-refractivity contribution is 0.0145. The molecule has 4 heteroatoms. The second kappa shape index (κ2) is 7.56. The maximum atomic E-state index is 12.3. The molecule has 134 valence electrons. The second-order valence-corrected chi connectivity index (χ2v) is 7.86. The predicted octanol–water partition coefficient (Wildman–Crippen LogP) is 4.30. The van der Waals surface area contributed by atoms with Crippen molar-refractivity contribution in [3.8, 4) is 0 Å². The molecule has 0 bridgehead atoms. The Labute approximate surface area is 146 Å². The van der Waals surface area contributed by atoms with Crippen molar-refractivity contribution in [1.82, 2.24) is 4.90 Å². The quantitative estimate of drug-likeness (QED) is 0.824. The Hall–Kier alpha value is -1.55. The number of piperidine rings is 1. The number of methoxy groups -OCH3 is 1. The Balaban J connectivity index is 2.10. The van der Waals surface area contributed by atoms with Crippen molar-refractivity contribution in [1.29, 1.82) is 0 Å². The van der Waals surface area contributed by atoms with Crippen LogP contribution in [0.25, 0.3) is 0 Å². The van der Waals surface area contributed by atoms with Gasteiger partial charge in [-0.05, 0) is 52.5 Å². The highest BCUT2D eigenvalue weighted by molar-refractivity contribution is 5.68. The van der Waals surface area contributed by atoms with Crippen LogP contribution in [0.5, 0.6) is 0 Å². The van der Waals surface area contributed by atoms with Gasteiger partial charge in [0.2, 0.25) is 0 Å². The normalized spacial score (nSPS) is 17.6. The van der Waals surface area contributed by atoms with Gasteiger partial charge in [-0.25, -0.2) is 4.79 Å². The summed E-state index contributed by atoms with van der Waals surface area (Å²) in [6, 6.07) is 8.80. The molecule has 0 aromatic heterocycles. The first kappa shape index (κ1) is 18.8. The summed E-state index contributed by atoms with van der Waals surface area (Å²) in [5.74, 6) is 0. The summed E-state index contributed by atoms with van der Waals surface area (Å²) in [6.45, 7) is 10.0. The number of benzene rings is 1. The molecule has 1 fully saturated rings. The van der Waals surface area contributed by atoms with Crippen molar-refractivity contribution in [3.05, 3.63) is 35.4 Å². The minimum absolute atomic E-state index is 0.0855. The molecular formula is C20H31NO3. The lowest BCUT2D eigenvalue weighted by atomic mass is 9.70. The highest BCUT2D eigenvalue weighted by Gasteiger charge is 2.38. The summed E-state index contributed by atoms with van der Waals surface area (Å²) < 4.78 is 10.9. The van der Waals surface area contributed by atoms with E-state index >= 15 is 0 Å². The van der Waals surface area contributed by atoms with Gasteiger partial charge >= 0.3 is 6.09 Å². The van der Waals surface area contributed by atoms with Crippen LogP contribution in [0.2, 0.25) is 0 Å². The van der Waals surface area contributed by atoms with Crippen molar-refractivity contribution >= 4 is 6.09 Å². The predicted molar refractivity (Wildman–Crippen MR) is 96.4 cm³/mol. The molecular weight excluding hydrogens is 302 g/mol. The molecule has 24 heavy (non-hydrogen) atoms. The maximum Gasteiger partial charge on any atom is 0.410 e. The van der Waals surface area contributed by atoms with Gasteiger partial charge in [-0.3, -0.25) is 0 Å². The van der Waals surface area contributed by atoms with E-state index in [1.54, 1.807) is 7.11 Å². The Morgan fingerprint density at radius 2 is 1.75 bits per heavy atom. The first-order valence-electron chi connectivity index (χ1n) is 8.80. The Kier molecular flexibility index (Phi) is 5.92. The number of carbonyl (C=O) groups excluding carboxylic acids is 1. The molecule has 0 aliphatic carbocycles. The lowest BCUT2D eigenvalue weighted by Gasteiger charge is -2.42. The SMILES string of the molecule is COCCC1(c2ccc(C)cc2)CCN(C(=O)OC(C)(C)C)CC1. The van der Waals surface area contributed by atoms with E-state index in [2.05, 4.69) is 31.2 Å². The van der Waals surface area contributed by atoms with E-state index in [9.17, 15) is 4.79 Å². The Morgan fingerprint density at radius 1 is 1.17 bits per heavy atom. The van der Waals surface area contributed by atoms with Gasteiger partial charge in [0.15, 0.2) is 0 Å². The van der Waals surface area contributed by atoms with E-state index in [-0.39, 0.29) is 11.5 Å². The topological polar surface area (TPSA) is 38.8 Å². The third kappa shape index (κ3) is 4.73. The summed E-state index contributed by atoms with van der Waals surface area (Å²) in [5, 5.41) is 0. The highest BCUT2D eigenvalue weighted by Crippen LogP contribution is 2.39. The largest absolute Gasteiger partial charge is 0.444 e. The smallest absolute Gasteiger partial charge is 0.410 e. The van der Waals surface area contributed by atoms with Crippen molar-refractivity contribution in [2.45, 2.75) is 58.0 Å². The maximum absolute atomic E-state index is 12.3. The van der Waals surface area contributed by atoms with Crippen LogP contribution < -0.4 is 0 Å². The molecule has 0 spiro atoms. The molecule has 1 saturated heterocycles. The van der Waals surface area contributed by atoms with Gasteiger partial charge in [0.1, 0.15) is 5.60 Å². The number of hydrogen-bond donors (Lipinski definition) is 0. The zero-order valence-corrected chi connectivity index (χ0v) is 15.7.